The second-order valence-corrected chi connectivity index (χ2v) is 4.99. The highest BCUT2D eigenvalue weighted by molar-refractivity contribution is 6.54. The zero-order valence-electron chi connectivity index (χ0n) is 10.8. The van der Waals surface area contributed by atoms with Gasteiger partial charge in [0.05, 0.1) is 11.8 Å². The van der Waals surface area contributed by atoms with E-state index in [1.54, 1.807) is 6.92 Å². The Morgan fingerprint density at radius 2 is 1.65 bits per heavy atom. The van der Waals surface area contributed by atoms with Crippen LogP contribution in [0, 0.1) is 6.92 Å². The Kier molecular flexibility index (Phi) is 2.05. The summed E-state index contributed by atoms with van der Waals surface area (Å²) in [5.41, 5.74) is 2.27. The Morgan fingerprint density at radius 1 is 0.900 bits per heavy atom. The highest BCUT2D eigenvalue weighted by Gasteiger charge is 2.35. The van der Waals surface area contributed by atoms with Crippen molar-refractivity contribution < 1.29 is 14.0 Å². The lowest BCUT2D eigenvalue weighted by atomic mass is 9.84. The number of ketones is 2. The number of rotatable bonds is 0. The fraction of sp³-hybridized carbons (Fsp3) is 0.0588. The van der Waals surface area contributed by atoms with Crippen LogP contribution < -0.4 is 0 Å². The molecule has 3 nitrogen and oxygen atoms in total. The van der Waals surface area contributed by atoms with Gasteiger partial charge in [-0.3, -0.25) is 9.59 Å². The summed E-state index contributed by atoms with van der Waals surface area (Å²) in [6.07, 6.45) is 1.53. The van der Waals surface area contributed by atoms with Gasteiger partial charge >= 0.3 is 0 Å². The zero-order chi connectivity index (χ0) is 13.9. The van der Waals surface area contributed by atoms with Crippen LogP contribution in [0.3, 0.4) is 0 Å². The first-order valence-electron chi connectivity index (χ1n) is 6.37. The van der Waals surface area contributed by atoms with Crippen molar-refractivity contribution in [3.8, 4) is 11.3 Å². The van der Waals surface area contributed by atoms with E-state index in [1.165, 1.54) is 6.26 Å². The molecule has 0 radical (unpaired) electrons. The Bertz CT molecular complexity index is 900. The van der Waals surface area contributed by atoms with Crippen molar-refractivity contribution in [2.75, 3.05) is 0 Å². The lowest BCUT2D eigenvalue weighted by Crippen LogP contribution is -2.21. The minimum absolute atomic E-state index is 0.401. The number of fused-ring (bicyclic) bond motifs is 5. The lowest BCUT2D eigenvalue weighted by Gasteiger charge is -2.16. The third-order valence-electron chi connectivity index (χ3n) is 3.81. The van der Waals surface area contributed by atoms with Crippen molar-refractivity contribution in [3.05, 3.63) is 59.4 Å². The molecule has 3 aromatic rings. The maximum atomic E-state index is 12.5. The standard InChI is InChI=1S/C17H10O3/c1-9-8-20-17-12-7-6-10-4-2-3-5-11(10)14(12)16(19)15(18)13(9)17/h2-8H,1H3. The van der Waals surface area contributed by atoms with Gasteiger partial charge in [-0.2, -0.15) is 0 Å². The van der Waals surface area contributed by atoms with E-state index in [0.717, 1.165) is 10.8 Å². The van der Waals surface area contributed by atoms with Gasteiger partial charge in [-0.25, -0.2) is 0 Å². The molecule has 1 aromatic heterocycles. The molecule has 0 bridgehead atoms. The maximum absolute atomic E-state index is 12.5. The summed E-state index contributed by atoms with van der Waals surface area (Å²) in [4.78, 5) is 24.7. The molecule has 0 aliphatic heterocycles. The molecule has 0 spiro atoms. The SMILES string of the molecule is Cc1coc2c1C(=O)C(=O)c1c-2ccc2ccccc12. The van der Waals surface area contributed by atoms with Crippen LogP contribution in [-0.2, 0) is 0 Å². The van der Waals surface area contributed by atoms with Gasteiger partial charge < -0.3 is 4.42 Å². The first-order valence-corrected chi connectivity index (χ1v) is 6.37. The van der Waals surface area contributed by atoms with Crippen LogP contribution in [-0.4, -0.2) is 11.6 Å². The second kappa shape index (κ2) is 3.67. The van der Waals surface area contributed by atoms with Gasteiger partial charge in [-0.1, -0.05) is 30.3 Å². The van der Waals surface area contributed by atoms with E-state index in [0.29, 0.717) is 28.0 Å². The van der Waals surface area contributed by atoms with Crippen LogP contribution in [0.5, 0.6) is 0 Å². The molecule has 2 aromatic carbocycles. The topological polar surface area (TPSA) is 47.3 Å². The Labute approximate surface area is 114 Å². The predicted molar refractivity (Wildman–Crippen MR) is 75.0 cm³/mol. The van der Waals surface area contributed by atoms with Crippen LogP contribution in [0.15, 0.2) is 47.1 Å². The first-order chi connectivity index (χ1) is 9.68. The molecule has 0 atom stereocenters. The van der Waals surface area contributed by atoms with Crippen molar-refractivity contribution >= 4 is 22.3 Å². The van der Waals surface area contributed by atoms with E-state index in [2.05, 4.69) is 0 Å². The number of carbonyl (C=O) groups is 2. The summed E-state index contributed by atoms with van der Waals surface area (Å²) in [6.45, 7) is 1.78. The molecule has 0 unspecified atom stereocenters. The average molecular weight is 262 g/mol. The Balaban J connectivity index is 2.20. The number of hydrogen-bond donors (Lipinski definition) is 0. The molecule has 0 N–H and O–H groups in total. The van der Waals surface area contributed by atoms with E-state index < -0.39 is 11.6 Å². The number of furan rings is 1. The van der Waals surface area contributed by atoms with E-state index >= 15 is 0 Å². The van der Waals surface area contributed by atoms with Gasteiger partial charge in [0.1, 0.15) is 5.76 Å². The summed E-state index contributed by atoms with van der Waals surface area (Å²) in [7, 11) is 0. The number of benzene rings is 2. The van der Waals surface area contributed by atoms with Crippen molar-refractivity contribution in [1.29, 1.82) is 0 Å². The van der Waals surface area contributed by atoms with Crippen LogP contribution in [0.25, 0.3) is 22.1 Å². The van der Waals surface area contributed by atoms with E-state index in [1.807, 2.05) is 36.4 Å². The van der Waals surface area contributed by atoms with Gasteiger partial charge in [-0.05, 0) is 29.3 Å². The molecule has 0 saturated carbocycles. The smallest absolute Gasteiger partial charge is 0.237 e. The molecule has 1 aliphatic carbocycles. The van der Waals surface area contributed by atoms with Gasteiger partial charge in [0.2, 0.25) is 11.6 Å². The molecule has 1 aliphatic rings. The molecule has 0 fully saturated rings. The summed E-state index contributed by atoms with van der Waals surface area (Å²) >= 11 is 0. The van der Waals surface area contributed by atoms with Gasteiger partial charge in [-0.15, -0.1) is 0 Å². The highest BCUT2D eigenvalue weighted by atomic mass is 16.3. The first kappa shape index (κ1) is 11.2. The third kappa shape index (κ3) is 1.24. The molecule has 20 heavy (non-hydrogen) atoms. The summed E-state index contributed by atoms with van der Waals surface area (Å²) in [5, 5.41) is 1.74. The zero-order valence-corrected chi connectivity index (χ0v) is 10.8. The predicted octanol–water partition coefficient (Wildman–Crippen LogP) is 3.79. The number of Topliss-reactive ketones (excluding diaryl/α,β-unsaturated/α-hetero) is 2. The average Bonchev–Trinajstić information content (AvgIpc) is 2.86. The number of aryl methyl sites for hydroxylation is 1. The minimum atomic E-state index is -0.477. The van der Waals surface area contributed by atoms with Crippen LogP contribution in [0.4, 0.5) is 0 Å². The minimum Gasteiger partial charge on any atom is -0.463 e. The van der Waals surface area contributed by atoms with Crippen molar-refractivity contribution in [1.82, 2.24) is 0 Å². The highest BCUT2D eigenvalue weighted by Crippen LogP contribution is 2.39. The van der Waals surface area contributed by atoms with Gasteiger partial charge in [0.15, 0.2) is 0 Å². The molecule has 3 heteroatoms. The molecular formula is C17H10O3. The molecule has 96 valence electrons. The quantitative estimate of drug-likeness (QED) is 0.579. The van der Waals surface area contributed by atoms with E-state index in [4.69, 9.17) is 4.42 Å². The molecule has 1 heterocycles. The number of carbonyl (C=O) groups excluding carboxylic acids is 2. The summed E-state index contributed by atoms with van der Waals surface area (Å²) in [6, 6.07) is 11.4. The van der Waals surface area contributed by atoms with Crippen molar-refractivity contribution in [2.45, 2.75) is 6.92 Å². The van der Waals surface area contributed by atoms with E-state index in [9.17, 15) is 9.59 Å². The second-order valence-electron chi connectivity index (χ2n) is 4.99. The molecular weight excluding hydrogens is 252 g/mol. The Hall–Kier alpha value is -2.68. The maximum Gasteiger partial charge on any atom is 0.237 e. The van der Waals surface area contributed by atoms with Crippen LogP contribution in [0.1, 0.15) is 26.3 Å². The monoisotopic (exact) mass is 262 g/mol. The molecule has 0 amide bonds. The third-order valence-corrected chi connectivity index (χ3v) is 3.81. The normalized spacial score (nSPS) is 13.4. The van der Waals surface area contributed by atoms with Crippen LogP contribution in [0.2, 0.25) is 0 Å². The number of hydrogen-bond acceptors (Lipinski definition) is 3. The largest absolute Gasteiger partial charge is 0.463 e. The summed E-state index contributed by atoms with van der Waals surface area (Å²) < 4.78 is 5.51. The van der Waals surface area contributed by atoms with Gasteiger partial charge in [0, 0.05) is 11.1 Å². The Morgan fingerprint density at radius 3 is 2.50 bits per heavy atom. The van der Waals surface area contributed by atoms with E-state index in [-0.39, 0.29) is 0 Å². The summed E-state index contributed by atoms with van der Waals surface area (Å²) in [5.74, 6) is -0.420. The molecule has 4 rings (SSSR count). The molecule has 0 saturated heterocycles. The van der Waals surface area contributed by atoms with Crippen molar-refractivity contribution in [2.24, 2.45) is 0 Å². The fourth-order valence-corrected chi connectivity index (χ4v) is 2.86. The van der Waals surface area contributed by atoms with Crippen molar-refractivity contribution in [3.63, 3.8) is 0 Å². The lowest BCUT2D eigenvalue weighted by molar-refractivity contribution is 0.0815. The van der Waals surface area contributed by atoms with Gasteiger partial charge in [0.25, 0.3) is 0 Å². The van der Waals surface area contributed by atoms with Crippen LogP contribution >= 0.6 is 0 Å². The fourth-order valence-electron chi connectivity index (χ4n) is 2.86.